The van der Waals surface area contributed by atoms with E-state index in [0.717, 1.165) is 0 Å². The molecule has 6 heteroatoms. The molecule has 1 N–H and O–H groups in total. The van der Waals surface area contributed by atoms with Crippen LogP contribution in [0, 0.1) is 0 Å². The van der Waals surface area contributed by atoms with E-state index in [1.807, 2.05) is 0 Å². The number of aromatic nitrogens is 3. The fraction of sp³-hybridized carbons (Fsp3) is 0. The minimum atomic E-state index is -0.177. The van der Waals surface area contributed by atoms with Crippen molar-refractivity contribution in [1.82, 2.24) is 15.1 Å². The summed E-state index contributed by atoms with van der Waals surface area (Å²) < 4.78 is 10.2. The lowest BCUT2D eigenvalue weighted by Gasteiger charge is -1.90. The van der Waals surface area contributed by atoms with Crippen LogP contribution in [0.25, 0.3) is 23.0 Å². The van der Waals surface area contributed by atoms with Gasteiger partial charge in [-0.2, -0.15) is 4.98 Å². The second-order valence-corrected chi connectivity index (χ2v) is 3.34. The first-order chi connectivity index (χ1) is 8.33. The third-order valence-corrected chi connectivity index (χ3v) is 2.20. The van der Waals surface area contributed by atoms with Gasteiger partial charge < -0.3 is 13.9 Å². The molecule has 3 rings (SSSR count). The number of furan rings is 1. The van der Waals surface area contributed by atoms with Gasteiger partial charge in [-0.3, -0.25) is 4.79 Å². The van der Waals surface area contributed by atoms with Gasteiger partial charge >= 0.3 is 0 Å². The van der Waals surface area contributed by atoms with E-state index in [0.29, 0.717) is 23.0 Å². The molecule has 0 aliphatic rings. The Labute approximate surface area is 94.9 Å². The minimum Gasteiger partial charge on any atom is -0.459 e. The molecule has 0 amide bonds. The molecule has 0 unspecified atom stereocenters. The van der Waals surface area contributed by atoms with Crippen LogP contribution in [0.5, 0.6) is 0 Å². The van der Waals surface area contributed by atoms with Crippen LogP contribution in [0.4, 0.5) is 0 Å². The van der Waals surface area contributed by atoms with Crippen LogP contribution in [-0.2, 0) is 0 Å². The summed E-state index contributed by atoms with van der Waals surface area (Å²) in [7, 11) is 0. The lowest BCUT2D eigenvalue weighted by molar-refractivity contribution is 0.417. The van der Waals surface area contributed by atoms with Crippen LogP contribution < -0.4 is 5.56 Å². The lowest BCUT2D eigenvalue weighted by atomic mass is 10.3. The number of nitrogens with one attached hydrogen (secondary N) is 1. The van der Waals surface area contributed by atoms with Crippen molar-refractivity contribution in [2.24, 2.45) is 0 Å². The van der Waals surface area contributed by atoms with E-state index in [1.54, 1.807) is 18.2 Å². The number of rotatable bonds is 2. The highest BCUT2D eigenvalue weighted by Gasteiger charge is 2.12. The molecule has 0 saturated carbocycles. The highest BCUT2D eigenvalue weighted by atomic mass is 16.5. The van der Waals surface area contributed by atoms with Crippen LogP contribution in [0.1, 0.15) is 0 Å². The van der Waals surface area contributed by atoms with E-state index >= 15 is 0 Å². The summed E-state index contributed by atoms with van der Waals surface area (Å²) in [5, 5.41) is 3.80. The summed E-state index contributed by atoms with van der Waals surface area (Å²) in [4.78, 5) is 17.6. The maximum Gasteiger partial charge on any atom is 0.293 e. The highest BCUT2D eigenvalue weighted by Crippen LogP contribution is 2.21. The van der Waals surface area contributed by atoms with Crippen LogP contribution in [0.2, 0.25) is 0 Å². The molecule has 84 valence electrons. The number of hydrogen-bond acceptors (Lipinski definition) is 5. The first kappa shape index (κ1) is 9.59. The van der Waals surface area contributed by atoms with Gasteiger partial charge in [0.25, 0.3) is 5.89 Å². The van der Waals surface area contributed by atoms with E-state index in [9.17, 15) is 4.79 Å². The predicted octanol–water partition coefficient (Wildman–Crippen LogP) is 1.68. The Kier molecular flexibility index (Phi) is 2.11. The summed E-state index contributed by atoms with van der Waals surface area (Å²) in [6.07, 6.45) is 3.05. The zero-order chi connectivity index (χ0) is 11.7. The molecular formula is C11H7N3O3. The Balaban J connectivity index is 2.00. The smallest absolute Gasteiger partial charge is 0.293 e. The average Bonchev–Trinajstić information content (AvgIpc) is 3.00. The quantitative estimate of drug-likeness (QED) is 0.722. The van der Waals surface area contributed by atoms with E-state index in [1.165, 1.54) is 18.5 Å². The normalized spacial score (nSPS) is 10.6. The van der Waals surface area contributed by atoms with Crippen LogP contribution in [-0.4, -0.2) is 15.1 Å². The maximum absolute atomic E-state index is 10.9. The zero-order valence-corrected chi connectivity index (χ0v) is 8.58. The van der Waals surface area contributed by atoms with E-state index in [-0.39, 0.29) is 5.56 Å². The van der Waals surface area contributed by atoms with Gasteiger partial charge in [-0.1, -0.05) is 5.16 Å². The summed E-state index contributed by atoms with van der Waals surface area (Å²) in [5.41, 5.74) is 0.495. The Morgan fingerprint density at radius 2 is 2.18 bits per heavy atom. The van der Waals surface area contributed by atoms with E-state index in [4.69, 9.17) is 8.94 Å². The number of aromatic amines is 1. The molecule has 0 bridgehead atoms. The van der Waals surface area contributed by atoms with Crippen molar-refractivity contribution in [2.75, 3.05) is 0 Å². The van der Waals surface area contributed by atoms with Crippen LogP contribution >= 0.6 is 0 Å². The van der Waals surface area contributed by atoms with Gasteiger partial charge in [-0.15, -0.1) is 0 Å². The van der Waals surface area contributed by atoms with Gasteiger partial charge in [0, 0.05) is 17.8 Å². The standard InChI is InChI=1S/C11H7N3O3/c15-9-4-3-7(6-12-9)10-13-11(17-14-10)8-2-1-5-16-8/h1-6H,(H,12,15). The largest absolute Gasteiger partial charge is 0.459 e. The molecule has 17 heavy (non-hydrogen) atoms. The first-order valence-corrected chi connectivity index (χ1v) is 4.89. The Morgan fingerprint density at radius 1 is 1.24 bits per heavy atom. The van der Waals surface area contributed by atoms with Crippen molar-refractivity contribution in [3.63, 3.8) is 0 Å². The van der Waals surface area contributed by atoms with Gasteiger partial charge in [0.05, 0.1) is 6.26 Å². The van der Waals surface area contributed by atoms with E-state index < -0.39 is 0 Å². The SMILES string of the molecule is O=c1ccc(-c2noc(-c3ccco3)n2)c[nH]1. The van der Waals surface area contributed by atoms with Gasteiger partial charge in [-0.25, -0.2) is 0 Å². The second kappa shape index (κ2) is 3.75. The second-order valence-electron chi connectivity index (χ2n) is 3.34. The zero-order valence-electron chi connectivity index (χ0n) is 8.58. The molecule has 0 aromatic carbocycles. The van der Waals surface area contributed by atoms with Crippen molar-refractivity contribution >= 4 is 0 Å². The fourth-order valence-electron chi connectivity index (χ4n) is 1.39. The molecule has 3 aromatic rings. The molecule has 0 saturated heterocycles. The molecule has 3 heterocycles. The molecule has 0 radical (unpaired) electrons. The summed E-state index contributed by atoms with van der Waals surface area (Å²) >= 11 is 0. The topological polar surface area (TPSA) is 84.9 Å². The van der Waals surface area contributed by atoms with Crippen molar-refractivity contribution in [1.29, 1.82) is 0 Å². The summed E-state index contributed by atoms with van der Waals surface area (Å²) in [6, 6.07) is 6.48. The fourth-order valence-corrected chi connectivity index (χ4v) is 1.39. The number of H-pyrrole nitrogens is 1. The molecule has 0 fully saturated rings. The third kappa shape index (κ3) is 1.76. The molecular weight excluding hydrogens is 222 g/mol. The van der Waals surface area contributed by atoms with E-state index in [2.05, 4.69) is 15.1 Å². The number of hydrogen-bond donors (Lipinski definition) is 1. The predicted molar refractivity (Wildman–Crippen MR) is 58.1 cm³/mol. The monoisotopic (exact) mass is 229 g/mol. The van der Waals surface area contributed by atoms with Gasteiger partial charge in [0.1, 0.15) is 0 Å². The number of pyridine rings is 1. The van der Waals surface area contributed by atoms with Crippen molar-refractivity contribution in [2.45, 2.75) is 0 Å². The molecule has 6 nitrogen and oxygen atoms in total. The Morgan fingerprint density at radius 3 is 2.88 bits per heavy atom. The number of nitrogens with zero attached hydrogens (tertiary/aromatic N) is 2. The lowest BCUT2D eigenvalue weighted by Crippen LogP contribution is -2.01. The van der Waals surface area contributed by atoms with Crippen molar-refractivity contribution in [3.8, 4) is 23.0 Å². The Bertz CT molecular complexity index is 662. The Hall–Kier alpha value is -2.63. The highest BCUT2D eigenvalue weighted by molar-refractivity contribution is 5.55. The third-order valence-electron chi connectivity index (χ3n) is 2.20. The van der Waals surface area contributed by atoms with Crippen LogP contribution in [0.3, 0.4) is 0 Å². The maximum atomic E-state index is 10.9. The molecule has 3 aromatic heterocycles. The van der Waals surface area contributed by atoms with Crippen molar-refractivity contribution in [3.05, 3.63) is 47.1 Å². The van der Waals surface area contributed by atoms with Crippen molar-refractivity contribution < 1.29 is 8.94 Å². The molecule has 0 spiro atoms. The molecule has 0 aliphatic heterocycles. The molecule has 0 atom stereocenters. The minimum absolute atomic E-state index is 0.177. The van der Waals surface area contributed by atoms with Gasteiger partial charge in [0.2, 0.25) is 11.4 Å². The van der Waals surface area contributed by atoms with Gasteiger partial charge in [0.15, 0.2) is 5.76 Å². The van der Waals surface area contributed by atoms with Crippen LogP contribution in [0.15, 0.2) is 50.5 Å². The average molecular weight is 229 g/mol. The summed E-state index contributed by atoms with van der Waals surface area (Å²) in [6.45, 7) is 0. The molecule has 0 aliphatic carbocycles. The first-order valence-electron chi connectivity index (χ1n) is 4.89. The summed E-state index contributed by atoms with van der Waals surface area (Å²) in [5.74, 6) is 1.21. The van der Waals surface area contributed by atoms with Gasteiger partial charge in [-0.05, 0) is 18.2 Å².